The van der Waals surface area contributed by atoms with Gasteiger partial charge in [0.1, 0.15) is 5.82 Å². The smallest absolute Gasteiger partial charge is 0.238 e. The molecule has 1 aromatic heterocycles. The Kier molecular flexibility index (Phi) is 5.16. The Morgan fingerprint density at radius 2 is 1.48 bits per heavy atom. The van der Waals surface area contributed by atoms with Gasteiger partial charge >= 0.3 is 0 Å². The predicted octanol–water partition coefficient (Wildman–Crippen LogP) is 3.24. The van der Waals surface area contributed by atoms with Crippen LogP contribution in [0.4, 0.5) is 10.1 Å². The fourth-order valence-corrected chi connectivity index (χ4v) is 2.65. The molecule has 1 heterocycles. The van der Waals surface area contributed by atoms with E-state index in [4.69, 9.17) is 12.2 Å². The summed E-state index contributed by atoms with van der Waals surface area (Å²) in [5, 5.41) is 16.1. The molecule has 0 aliphatic carbocycles. The van der Waals surface area contributed by atoms with E-state index >= 15 is 0 Å². The van der Waals surface area contributed by atoms with Gasteiger partial charge in [-0.1, -0.05) is 48.6 Å². The van der Waals surface area contributed by atoms with Gasteiger partial charge in [-0.15, -0.1) is 0 Å². The van der Waals surface area contributed by atoms with Crippen molar-refractivity contribution in [2.75, 3.05) is 5.32 Å². The standard InChI is InChI=1S/C20H15FN2OS/c21-16-11-9-15(10-12-16)19(24)18(23-13-5-2-6-14-23)20(25)22-17-7-3-1-4-8-17/h1-14H,(H-,22,24,25). The minimum atomic E-state index is -0.393. The SMILES string of the molecule is [O-]/C(=C(\C(=S)Nc1ccccc1)[n+]1ccccc1)c1ccc(F)cc1. The molecule has 3 rings (SSSR count). The first-order valence-corrected chi connectivity index (χ1v) is 8.06. The zero-order valence-corrected chi connectivity index (χ0v) is 14.0. The van der Waals surface area contributed by atoms with Crippen molar-refractivity contribution in [1.29, 1.82) is 0 Å². The van der Waals surface area contributed by atoms with Crippen molar-refractivity contribution >= 4 is 34.3 Å². The molecule has 0 radical (unpaired) electrons. The zero-order valence-electron chi connectivity index (χ0n) is 13.2. The number of para-hydroxylation sites is 1. The number of hydrogen-bond acceptors (Lipinski definition) is 2. The minimum Gasteiger partial charge on any atom is -0.867 e. The molecule has 2 aromatic carbocycles. The number of aromatic nitrogens is 1. The highest BCUT2D eigenvalue weighted by molar-refractivity contribution is 7.81. The fourth-order valence-electron chi connectivity index (χ4n) is 2.34. The molecule has 0 amide bonds. The maximum Gasteiger partial charge on any atom is 0.238 e. The Morgan fingerprint density at radius 3 is 2.12 bits per heavy atom. The van der Waals surface area contributed by atoms with Gasteiger partial charge in [-0.25, -0.2) is 4.39 Å². The number of rotatable bonds is 4. The summed E-state index contributed by atoms with van der Waals surface area (Å²) in [6, 6.07) is 20.3. The van der Waals surface area contributed by atoms with Gasteiger partial charge in [0.05, 0.1) is 0 Å². The van der Waals surface area contributed by atoms with Crippen LogP contribution in [0.15, 0.2) is 85.2 Å². The van der Waals surface area contributed by atoms with E-state index in [-0.39, 0.29) is 10.7 Å². The van der Waals surface area contributed by atoms with Crippen LogP contribution in [0, 0.1) is 5.82 Å². The fraction of sp³-hybridized carbons (Fsp3) is 0. The monoisotopic (exact) mass is 350 g/mol. The quantitative estimate of drug-likeness (QED) is 0.340. The molecule has 124 valence electrons. The first-order valence-electron chi connectivity index (χ1n) is 7.65. The molecule has 0 saturated heterocycles. The van der Waals surface area contributed by atoms with E-state index in [0.717, 1.165) is 5.69 Å². The summed E-state index contributed by atoms with van der Waals surface area (Å²) in [5.74, 6) is -0.680. The van der Waals surface area contributed by atoms with Crippen molar-refractivity contribution in [2.24, 2.45) is 0 Å². The second kappa shape index (κ2) is 7.68. The van der Waals surface area contributed by atoms with Crippen molar-refractivity contribution in [2.45, 2.75) is 0 Å². The van der Waals surface area contributed by atoms with Crippen LogP contribution in [0.1, 0.15) is 5.56 Å². The van der Waals surface area contributed by atoms with E-state index < -0.39 is 5.82 Å². The Hall–Kier alpha value is -3.05. The number of anilines is 1. The number of halogens is 1. The van der Waals surface area contributed by atoms with Crippen molar-refractivity contribution in [1.82, 2.24) is 0 Å². The highest BCUT2D eigenvalue weighted by atomic mass is 32.1. The van der Waals surface area contributed by atoms with Crippen molar-refractivity contribution in [3.63, 3.8) is 0 Å². The van der Waals surface area contributed by atoms with E-state index in [9.17, 15) is 9.50 Å². The van der Waals surface area contributed by atoms with Crippen LogP contribution >= 0.6 is 12.2 Å². The molecule has 3 aromatic rings. The molecule has 0 bridgehead atoms. The van der Waals surface area contributed by atoms with Crippen molar-refractivity contribution in [3.05, 3.63) is 96.6 Å². The lowest BCUT2D eigenvalue weighted by molar-refractivity contribution is -0.577. The van der Waals surface area contributed by atoms with E-state index in [1.54, 1.807) is 17.0 Å². The van der Waals surface area contributed by atoms with Crippen LogP contribution in [0.2, 0.25) is 0 Å². The van der Waals surface area contributed by atoms with E-state index in [2.05, 4.69) is 5.32 Å². The summed E-state index contributed by atoms with van der Waals surface area (Å²) in [6.45, 7) is 0. The molecule has 1 N–H and O–H groups in total. The van der Waals surface area contributed by atoms with E-state index in [1.807, 2.05) is 48.5 Å². The number of benzene rings is 2. The number of hydrogen-bond donors (Lipinski definition) is 1. The molecule has 0 atom stereocenters. The maximum atomic E-state index is 13.2. The summed E-state index contributed by atoms with van der Waals surface area (Å²) >= 11 is 5.48. The topological polar surface area (TPSA) is 39.0 Å². The number of nitrogens with zero attached hydrogens (tertiary/aromatic N) is 1. The second-order valence-electron chi connectivity index (χ2n) is 5.29. The lowest BCUT2D eigenvalue weighted by Gasteiger charge is -2.16. The predicted molar refractivity (Wildman–Crippen MR) is 98.8 cm³/mol. The highest BCUT2D eigenvalue weighted by Crippen LogP contribution is 2.17. The third kappa shape index (κ3) is 4.08. The third-order valence-corrected chi connectivity index (χ3v) is 3.84. The largest absolute Gasteiger partial charge is 0.867 e. The molecule has 5 heteroatoms. The number of nitrogens with one attached hydrogen (secondary N) is 1. The molecule has 0 aliphatic heterocycles. The Labute approximate surface area is 150 Å². The highest BCUT2D eigenvalue weighted by Gasteiger charge is 2.18. The van der Waals surface area contributed by atoms with Gasteiger partial charge in [0.2, 0.25) is 5.70 Å². The van der Waals surface area contributed by atoms with Gasteiger partial charge in [-0.05, 0) is 35.6 Å². The molecule has 0 unspecified atom stereocenters. The summed E-state index contributed by atoms with van der Waals surface area (Å²) in [7, 11) is 0. The zero-order chi connectivity index (χ0) is 17.6. The van der Waals surface area contributed by atoms with Crippen LogP contribution in [0.25, 0.3) is 11.5 Å². The first-order chi connectivity index (χ1) is 12.1. The molecule has 0 fully saturated rings. The average Bonchev–Trinajstić information content (AvgIpc) is 2.64. The molecular formula is C20H15FN2OS. The molecule has 0 spiro atoms. The van der Waals surface area contributed by atoms with Gasteiger partial charge in [-0.3, -0.25) is 0 Å². The van der Waals surface area contributed by atoms with Crippen LogP contribution < -0.4 is 15.0 Å². The lowest BCUT2D eigenvalue weighted by Crippen LogP contribution is -2.39. The summed E-state index contributed by atoms with van der Waals surface area (Å²) in [6.07, 6.45) is 3.49. The van der Waals surface area contributed by atoms with Crippen molar-refractivity contribution in [3.8, 4) is 0 Å². The third-order valence-electron chi connectivity index (χ3n) is 3.54. The number of pyridine rings is 1. The van der Waals surface area contributed by atoms with E-state index in [0.29, 0.717) is 11.3 Å². The molecule has 0 saturated carbocycles. The van der Waals surface area contributed by atoms with Gasteiger partial charge in [0.15, 0.2) is 17.4 Å². The number of thiocarbonyl (C=S) groups is 1. The van der Waals surface area contributed by atoms with Crippen molar-refractivity contribution < 1.29 is 14.1 Å². The van der Waals surface area contributed by atoms with Crippen LogP contribution in [-0.4, -0.2) is 4.99 Å². The summed E-state index contributed by atoms with van der Waals surface area (Å²) in [4.78, 5) is 0.289. The van der Waals surface area contributed by atoms with Gasteiger partial charge in [0.25, 0.3) is 0 Å². The summed E-state index contributed by atoms with van der Waals surface area (Å²) < 4.78 is 14.8. The molecule has 3 nitrogen and oxygen atoms in total. The van der Waals surface area contributed by atoms with Crippen LogP contribution in [-0.2, 0) is 0 Å². The Morgan fingerprint density at radius 1 is 0.880 bits per heavy atom. The Balaban J connectivity index is 2.05. The summed E-state index contributed by atoms with van der Waals surface area (Å²) in [5.41, 5.74) is 1.45. The van der Waals surface area contributed by atoms with Gasteiger partial charge in [0, 0.05) is 17.8 Å². The second-order valence-corrected chi connectivity index (χ2v) is 5.70. The van der Waals surface area contributed by atoms with Crippen LogP contribution in [0.3, 0.4) is 0 Å². The van der Waals surface area contributed by atoms with Crippen LogP contribution in [0.5, 0.6) is 0 Å². The average molecular weight is 350 g/mol. The molecule has 25 heavy (non-hydrogen) atoms. The Bertz CT molecular complexity index is 894. The van der Waals surface area contributed by atoms with Gasteiger partial charge < -0.3 is 10.4 Å². The van der Waals surface area contributed by atoms with Gasteiger partial charge in [-0.2, -0.15) is 4.57 Å². The molecular weight excluding hydrogens is 335 g/mol. The van der Waals surface area contributed by atoms with E-state index in [1.165, 1.54) is 24.3 Å². The minimum absolute atomic E-state index is 0.287. The molecule has 0 aliphatic rings. The normalized spacial score (nSPS) is 11.6. The maximum absolute atomic E-state index is 13.2. The lowest BCUT2D eigenvalue weighted by atomic mass is 10.1. The first kappa shape index (κ1) is 16.8.